The molecule has 2 fully saturated rings. The number of nitrogens with one attached hydrogen (secondary N) is 1. The van der Waals surface area contributed by atoms with E-state index in [0.29, 0.717) is 81.7 Å². The van der Waals surface area contributed by atoms with Gasteiger partial charge in [-0.1, -0.05) is 6.58 Å². The molecule has 0 bridgehead atoms. The Balaban J connectivity index is 1.29. The van der Waals surface area contributed by atoms with Crippen LogP contribution in [0.15, 0.2) is 30.9 Å². The van der Waals surface area contributed by atoms with E-state index in [0.717, 1.165) is 25.9 Å². The number of fused-ring (bicyclic) bond motifs is 1. The minimum atomic E-state index is -0.223. The predicted octanol–water partition coefficient (Wildman–Crippen LogP) is 1.90. The number of carbonyl (C=O) groups is 2. The highest BCUT2D eigenvalue weighted by Crippen LogP contribution is 2.35. The number of piperidine rings is 2. The van der Waals surface area contributed by atoms with Crippen molar-refractivity contribution in [3.8, 4) is 5.75 Å². The lowest BCUT2D eigenvalue weighted by atomic mass is 9.77. The van der Waals surface area contributed by atoms with Crippen LogP contribution in [0.4, 0.5) is 4.39 Å². The standard InChI is InChI=1S/C28H42FN3O6/c1-4-27(33)30-8-10-36-11-12-37-13-14-38-20-28(34)32-9-7-22-15-21(18-31(2)26(22)19-32)16-23-17-24(35-3)5-6-25(23)29/h4-6,17,21-22,26H,1,7-16,18-20H2,2-3H3,(H,30,33)/t21-,22-,26+/m1/s1. The van der Waals surface area contributed by atoms with Gasteiger partial charge in [-0.25, -0.2) is 4.39 Å². The number of amides is 2. The van der Waals surface area contributed by atoms with Gasteiger partial charge in [-0.15, -0.1) is 0 Å². The minimum absolute atomic E-state index is 0.00216. The third kappa shape index (κ3) is 9.34. The molecule has 3 rings (SSSR count). The highest BCUT2D eigenvalue weighted by molar-refractivity contribution is 5.86. The van der Waals surface area contributed by atoms with Gasteiger partial charge in [0.2, 0.25) is 11.8 Å². The molecular weight excluding hydrogens is 493 g/mol. The molecule has 0 aromatic heterocycles. The average molecular weight is 536 g/mol. The molecule has 1 aromatic carbocycles. The van der Waals surface area contributed by atoms with Crippen LogP contribution >= 0.6 is 0 Å². The molecule has 2 saturated heterocycles. The van der Waals surface area contributed by atoms with Gasteiger partial charge in [0.1, 0.15) is 18.2 Å². The molecule has 212 valence electrons. The summed E-state index contributed by atoms with van der Waals surface area (Å²) in [7, 11) is 3.70. The summed E-state index contributed by atoms with van der Waals surface area (Å²) in [5.74, 6) is 1.14. The first-order chi connectivity index (χ1) is 18.4. The van der Waals surface area contributed by atoms with Crippen molar-refractivity contribution in [2.24, 2.45) is 11.8 Å². The van der Waals surface area contributed by atoms with Gasteiger partial charge in [-0.05, 0) is 68.0 Å². The summed E-state index contributed by atoms with van der Waals surface area (Å²) in [6, 6.07) is 5.25. The lowest BCUT2D eigenvalue weighted by Gasteiger charge is -2.48. The van der Waals surface area contributed by atoms with Crippen LogP contribution in [0.3, 0.4) is 0 Å². The monoisotopic (exact) mass is 535 g/mol. The van der Waals surface area contributed by atoms with Crippen molar-refractivity contribution in [3.63, 3.8) is 0 Å². The van der Waals surface area contributed by atoms with Crippen LogP contribution in [0.2, 0.25) is 0 Å². The molecule has 9 nitrogen and oxygen atoms in total. The van der Waals surface area contributed by atoms with Crippen molar-refractivity contribution in [2.75, 3.05) is 80.0 Å². The maximum atomic E-state index is 14.4. The van der Waals surface area contributed by atoms with E-state index < -0.39 is 0 Å². The number of halogens is 1. The number of benzene rings is 1. The zero-order valence-corrected chi connectivity index (χ0v) is 22.7. The first-order valence-electron chi connectivity index (χ1n) is 13.3. The minimum Gasteiger partial charge on any atom is -0.497 e. The normalized spacial score (nSPS) is 21.6. The molecule has 2 aliphatic heterocycles. The third-order valence-electron chi connectivity index (χ3n) is 7.28. The van der Waals surface area contributed by atoms with Crippen LogP contribution in [0, 0.1) is 17.7 Å². The van der Waals surface area contributed by atoms with E-state index >= 15 is 0 Å². The second-order valence-corrected chi connectivity index (χ2v) is 9.93. The van der Waals surface area contributed by atoms with Gasteiger partial charge in [-0.2, -0.15) is 0 Å². The van der Waals surface area contributed by atoms with E-state index in [9.17, 15) is 14.0 Å². The fraction of sp³-hybridized carbons (Fsp3) is 0.643. The molecule has 2 aliphatic rings. The Morgan fingerprint density at radius 2 is 1.87 bits per heavy atom. The maximum absolute atomic E-state index is 14.4. The van der Waals surface area contributed by atoms with Crippen LogP contribution < -0.4 is 10.1 Å². The van der Waals surface area contributed by atoms with Gasteiger partial charge in [-0.3, -0.25) is 9.59 Å². The molecule has 3 atom stereocenters. The summed E-state index contributed by atoms with van der Waals surface area (Å²) < 4.78 is 36.0. The van der Waals surface area contributed by atoms with Crippen LogP contribution in [0.25, 0.3) is 0 Å². The molecule has 38 heavy (non-hydrogen) atoms. The Morgan fingerprint density at radius 1 is 1.13 bits per heavy atom. The zero-order chi connectivity index (χ0) is 27.3. The lowest BCUT2D eigenvalue weighted by molar-refractivity contribution is -0.140. The number of methoxy groups -OCH3 is 1. The van der Waals surface area contributed by atoms with Crippen LogP contribution in [-0.2, 0) is 30.2 Å². The van der Waals surface area contributed by atoms with E-state index in [1.165, 1.54) is 12.1 Å². The average Bonchev–Trinajstić information content (AvgIpc) is 2.92. The molecule has 1 N–H and O–H groups in total. The van der Waals surface area contributed by atoms with E-state index in [4.69, 9.17) is 18.9 Å². The Kier molecular flexibility index (Phi) is 12.5. The Labute approximate surface area is 225 Å². The number of carbonyl (C=O) groups excluding carboxylic acids is 2. The van der Waals surface area contributed by atoms with Crippen molar-refractivity contribution in [2.45, 2.75) is 25.3 Å². The van der Waals surface area contributed by atoms with Crippen LogP contribution in [0.1, 0.15) is 18.4 Å². The van der Waals surface area contributed by atoms with Crippen molar-refractivity contribution >= 4 is 11.8 Å². The number of ether oxygens (including phenoxy) is 4. The fourth-order valence-electron chi connectivity index (χ4n) is 5.33. The molecular formula is C28H42FN3O6. The van der Waals surface area contributed by atoms with Gasteiger partial charge < -0.3 is 34.1 Å². The fourth-order valence-corrected chi connectivity index (χ4v) is 5.33. The van der Waals surface area contributed by atoms with Gasteiger partial charge in [0.25, 0.3) is 0 Å². The first-order valence-corrected chi connectivity index (χ1v) is 13.3. The Bertz CT molecular complexity index is 917. The molecule has 1 aromatic rings. The Hall–Kier alpha value is -2.53. The van der Waals surface area contributed by atoms with Gasteiger partial charge in [0.15, 0.2) is 0 Å². The smallest absolute Gasteiger partial charge is 0.248 e. The highest BCUT2D eigenvalue weighted by Gasteiger charge is 2.39. The zero-order valence-electron chi connectivity index (χ0n) is 22.7. The van der Waals surface area contributed by atoms with Crippen molar-refractivity contribution < 1.29 is 32.9 Å². The number of hydrogen-bond donors (Lipinski definition) is 1. The number of likely N-dealkylation sites (tertiary alicyclic amines) is 2. The van der Waals surface area contributed by atoms with Crippen molar-refractivity contribution in [1.29, 1.82) is 0 Å². The summed E-state index contributed by atoms with van der Waals surface area (Å²) >= 11 is 0. The third-order valence-corrected chi connectivity index (χ3v) is 7.28. The summed E-state index contributed by atoms with van der Waals surface area (Å²) in [4.78, 5) is 28.0. The molecule has 0 unspecified atom stereocenters. The number of likely N-dealkylation sites (N-methyl/N-ethyl adjacent to an activating group) is 1. The van der Waals surface area contributed by atoms with Crippen molar-refractivity contribution in [3.05, 3.63) is 42.2 Å². The second kappa shape index (κ2) is 15.8. The topological polar surface area (TPSA) is 89.6 Å². The van der Waals surface area contributed by atoms with Gasteiger partial charge in [0.05, 0.1) is 40.1 Å². The number of hydrogen-bond acceptors (Lipinski definition) is 7. The van der Waals surface area contributed by atoms with Gasteiger partial charge in [0, 0.05) is 32.2 Å². The summed E-state index contributed by atoms with van der Waals surface area (Å²) in [5.41, 5.74) is 0.705. The predicted molar refractivity (Wildman–Crippen MR) is 142 cm³/mol. The van der Waals surface area contributed by atoms with E-state index in [-0.39, 0.29) is 24.2 Å². The maximum Gasteiger partial charge on any atom is 0.248 e. The van der Waals surface area contributed by atoms with Gasteiger partial charge >= 0.3 is 0 Å². The summed E-state index contributed by atoms with van der Waals surface area (Å²) in [6.07, 6.45) is 3.89. The molecule has 2 heterocycles. The number of nitrogens with zero attached hydrogens (tertiary/aromatic N) is 2. The lowest BCUT2D eigenvalue weighted by Crippen LogP contribution is -2.57. The molecule has 0 saturated carbocycles. The van der Waals surface area contributed by atoms with E-state index in [1.807, 2.05) is 4.90 Å². The van der Waals surface area contributed by atoms with E-state index in [1.54, 1.807) is 19.2 Å². The van der Waals surface area contributed by atoms with E-state index in [2.05, 4.69) is 23.8 Å². The molecule has 0 aliphatic carbocycles. The molecule has 10 heteroatoms. The number of rotatable bonds is 15. The molecule has 0 spiro atoms. The van der Waals surface area contributed by atoms with Crippen LogP contribution in [-0.4, -0.2) is 108 Å². The Morgan fingerprint density at radius 3 is 2.61 bits per heavy atom. The SMILES string of the molecule is C=CC(=O)NCCOCCOCCOCC(=O)N1CC[C@@H]2C[C@H](Cc3cc(OC)ccc3F)CN(C)[C@H]2C1. The van der Waals surface area contributed by atoms with Crippen LogP contribution in [0.5, 0.6) is 5.75 Å². The largest absolute Gasteiger partial charge is 0.497 e. The first kappa shape index (κ1) is 30.0. The highest BCUT2D eigenvalue weighted by atomic mass is 19.1. The second-order valence-electron chi connectivity index (χ2n) is 9.93. The quantitative estimate of drug-likeness (QED) is 0.271. The molecule has 2 amide bonds. The molecule has 0 radical (unpaired) electrons. The van der Waals surface area contributed by atoms with Crippen molar-refractivity contribution in [1.82, 2.24) is 15.1 Å². The summed E-state index contributed by atoms with van der Waals surface area (Å²) in [5, 5.41) is 2.62. The summed E-state index contributed by atoms with van der Waals surface area (Å²) in [6.45, 7) is 8.10.